The highest BCUT2D eigenvalue weighted by Gasteiger charge is 2.11. The van der Waals surface area contributed by atoms with E-state index in [4.69, 9.17) is 0 Å². The highest BCUT2D eigenvalue weighted by molar-refractivity contribution is 5.62. The molecular weight excluding hydrogens is 346 g/mol. The second kappa shape index (κ2) is 8.15. The van der Waals surface area contributed by atoms with Crippen LogP contribution < -0.4 is 0 Å². The number of benzene rings is 2. The van der Waals surface area contributed by atoms with Crippen LogP contribution in [0, 0.1) is 6.92 Å². The lowest BCUT2D eigenvalue weighted by Gasteiger charge is -2.16. The topological polar surface area (TPSA) is 57.7 Å². The summed E-state index contributed by atoms with van der Waals surface area (Å²) >= 11 is 0. The standard InChI is InChI=1S/C23H23N5/c1-17-7-6-10-20(11-17)23-24-12-18(13-25-23)15-28(2)16-21-14-26-27-22(21)19-8-4-3-5-9-19/h3-14H,15-16H2,1-2H3,(H,26,27). The predicted molar refractivity (Wildman–Crippen MR) is 111 cm³/mol. The van der Waals surface area contributed by atoms with Crippen molar-refractivity contribution in [1.29, 1.82) is 0 Å². The van der Waals surface area contributed by atoms with Gasteiger partial charge in [-0.3, -0.25) is 10.00 Å². The van der Waals surface area contributed by atoms with Crippen LogP contribution in [0.25, 0.3) is 22.6 Å². The van der Waals surface area contributed by atoms with Crippen LogP contribution in [0.2, 0.25) is 0 Å². The number of H-pyrrole nitrogens is 1. The summed E-state index contributed by atoms with van der Waals surface area (Å²) < 4.78 is 0. The molecule has 0 unspecified atom stereocenters. The van der Waals surface area contributed by atoms with Crippen LogP contribution in [0.15, 0.2) is 73.2 Å². The van der Waals surface area contributed by atoms with Gasteiger partial charge in [-0.1, -0.05) is 54.1 Å². The number of hydrogen-bond donors (Lipinski definition) is 1. The number of hydrogen-bond acceptors (Lipinski definition) is 4. The van der Waals surface area contributed by atoms with Crippen molar-refractivity contribution in [3.05, 3.63) is 89.9 Å². The fourth-order valence-electron chi connectivity index (χ4n) is 3.31. The van der Waals surface area contributed by atoms with Crippen LogP contribution in [0.1, 0.15) is 16.7 Å². The molecule has 5 heteroatoms. The van der Waals surface area contributed by atoms with E-state index in [2.05, 4.69) is 63.3 Å². The first-order valence-electron chi connectivity index (χ1n) is 9.33. The second-order valence-electron chi connectivity index (χ2n) is 7.09. The second-order valence-corrected chi connectivity index (χ2v) is 7.09. The summed E-state index contributed by atoms with van der Waals surface area (Å²) in [6, 6.07) is 18.5. The minimum Gasteiger partial charge on any atom is -0.298 e. The van der Waals surface area contributed by atoms with Gasteiger partial charge in [-0.05, 0) is 25.6 Å². The van der Waals surface area contributed by atoms with E-state index >= 15 is 0 Å². The molecule has 0 saturated carbocycles. The van der Waals surface area contributed by atoms with Crippen molar-refractivity contribution in [3.63, 3.8) is 0 Å². The molecule has 0 bridgehead atoms. The summed E-state index contributed by atoms with van der Waals surface area (Å²) in [7, 11) is 2.09. The average Bonchev–Trinajstić information content (AvgIpc) is 3.17. The third-order valence-corrected chi connectivity index (χ3v) is 4.65. The van der Waals surface area contributed by atoms with Crippen molar-refractivity contribution in [3.8, 4) is 22.6 Å². The lowest BCUT2D eigenvalue weighted by Crippen LogP contribution is -2.17. The zero-order chi connectivity index (χ0) is 19.3. The smallest absolute Gasteiger partial charge is 0.159 e. The fourth-order valence-corrected chi connectivity index (χ4v) is 3.31. The monoisotopic (exact) mass is 369 g/mol. The summed E-state index contributed by atoms with van der Waals surface area (Å²) in [6.45, 7) is 3.64. The number of aryl methyl sites for hydroxylation is 1. The zero-order valence-electron chi connectivity index (χ0n) is 16.1. The Balaban J connectivity index is 1.44. The third-order valence-electron chi connectivity index (χ3n) is 4.65. The van der Waals surface area contributed by atoms with Gasteiger partial charge in [0, 0.05) is 42.2 Å². The molecule has 0 atom stereocenters. The Hall–Kier alpha value is -3.31. The molecule has 0 saturated heterocycles. The van der Waals surface area contributed by atoms with Crippen LogP contribution in [0.3, 0.4) is 0 Å². The Morgan fingerprint density at radius 3 is 2.36 bits per heavy atom. The van der Waals surface area contributed by atoms with Gasteiger partial charge in [0.1, 0.15) is 0 Å². The molecule has 0 radical (unpaired) electrons. The van der Waals surface area contributed by atoms with E-state index in [0.717, 1.165) is 41.3 Å². The highest BCUT2D eigenvalue weighted by Crippen LogP contribution is 2.22. The summed E-state index contributed by atoms with van der Waals surface area (Å²) in [4.78, 5) is 11.3. The molecule has 0 fully saturated rings. The average molecular weight is 369 g/mol. The van der Waals surface area contributed by atoms with Gasteiger partial charge in [-0.2, -0.15) is 5.10 Å². The van der Waals surface area contributed by atoms with Gasteiger partial charge < -0.3 is 0 Å². The number of rotatable bonds is 6. The molecule has 140 valence electrons. The van der Waals surface area contributed by atoms with Crippen molar-refractivity contribution in [2.24, 2.45) is 0 Å². The summed E-state index contributed by atoms with van der Waals surface area (Å²) in [6.07, 6.45) is 5.72. The summed E-state index contributed by atoms with van der Waals surface area (Å²) in [5, 5.41) is 7.35. The quantitative estimate of drug-likeness (QED) is 0.545. The molecule has 28 heavy (non-hydrogen) atoms. The SMILES string of the molecule is Cc1cccc(-c2ncc(CN(C)Cc3cn[nH]c3-c3ccccc3)cn2)c1. The lowest BCUT2D eigenvalue weighted by atomic mass is 10.1. The van der Waals surface area contributed by atoms with Gasteiger partial charge in [0.05, 0.1) is 11.9 Å². The van der Waals surface area contributed by atoms with E-state index in [1.54, 1.807) is 0 Å². The predicted octanol–water partition coefficient (Wildman–Crippen LogP) is 4.47. The van der Waals surface area contributed by atoms with Crippen LogP contribution in [0.5, 0.6) is 0 Å². The van der Waals surface area contributed by atoms with E-state index in [-0.39, 0.29) is 0 Å². The molecule has 2 aromatic heterocycles. The number of nitrogens with zero attached hydrogens (tertiary/aromatic N) is 4. The molecule has 0 amide bonds. The van der Waals surface area contributed by atoms with E-state index in [1.165, 1.54) is 11.1 Å². The van der Waals surface area contributed by atoms with Gasteiger partial charge in [0.25, 0.3) is 0 Å². The number of aromatic amines is 1. The molecule has 0 aliphatic heterocycles. The Morgan fingerprint density at radius 1 is 0.857 bits per heavy atom. The maximum atomic E-state index is 4.55. The Labute approximate surface area is 165 Å². The van der Waals surface area contributed by atoms with Crippen molar-refractivity contribution in [1.82, 2.24) is 25.1 Å². The van der Waals surface area contributed by atoms with Crippen LogP contribution in [0.4, 0.5) is 0 Å². The molecule has 0 spiro atoms. The van der Waals surface area contributed by atoms with Crippen molar-refractivity contribution < 1.29 is 0 Å². The maximum Gasteiger partial charge on any atom is 0.159 e. The maximum absolute atomic E-state index is 4.55. The van der Waals surface area contributed by atoms with Crippen molar-refractivity contribution >= 4 is 0 Å². The first-order chi connectivity index (χ1) is 13.7. The lowest BCUT2D eigenvalue weighted by molar-refractivity contribution is 0.319. The van der Waals surface area contributed by atoms with Gasteiger partial charge in [0.2, 0.25) is 0 Å². The molecule has 2 aromatic carbocycles. The number of aromatic nitrogens is 4. The van der Waals surface area contributed by atoms with E-state index < -0.39 is 0 Å². The van der Waals surface area contributed by atoms with Crippen LogP contribution >= 0.6 is 0 Å². The first kappa shape index (κ1) is 18.1. The minimum absolute atomic E-state index is 0.760. The largest absolute Gasteiger partial charge is 0.298 e. The van der Waals surface area contributed by atoms with Gasteiger partial charge >= 0.3 is 0 Å². The molecule has 5 nitrogen and oxygen atoms in total. The molecule has 4 aromatic rings. The highest BCUT2D eigenvalue weighted by atomic mass is 15.1. The van der Waals surface area contributed by atoms with Crippen molar-refractivity contribution in [2.45, 2.75) is 20.0 Å². The normalized spacial score (nSPS) is 11.1. The van der Waals surface area contributed by atoms with E-state index in [9.17, 15) is 0 Å². The zero-order valence-corrected chi connectivity index (χ0v) is 16.1. The van der Waals surface area contributed by atoms with Crippen LogP contribution in [-0.4, -0.2) is 32.1 Å². The molecule has 1 N–H and O–H groups in total. The summed E-state index contributed by atoms with van der Waals surface area (Å²) in [5.74, 6) is 0.760. The van der Waals surface area contributed by atoms with Gasteiger partial charge in [0.15, 0.2) is 5.82 Å². The molecule has 0 aliphatic carbocycles. The minimum atomic E-state index is 0.760. The molecular formula is C23H23N5. The Bertz CT molecular complexity index is 1040. The summed E-state index contributed by atoms with van der Waals surface area (Å²) in [5.41, 5.74) is 6.73. The molecule has 0 aliphatic rings. The molecule has 2 heterocycles. The van der Waals surface area contributed by atoms with Gasteiger partial charge in [-0.25, -0.2) is 9.97 Å². The van der Waals surface area contributed by atoms with Gasteiger partial charge in [-0.15, -0.1) is 0 Å². The van der Waals surface area contributed by atoms with Crippen molar-refractivity contribution in [2.75, 3.05) is 7.05 Å². The van der Waals surface area contributed by atoms with E-state index in [1.807, 2.05) is 48.9 Å². The number of nitrogens with one attached hydrogen (secondary N) is 1. The van der Waals surface area contributed by atoms with E-state index in [0.29, 0.717) is 0 Å². The van der Waals surface area contributed by atoms with Crippen LogP contribution in [-0.2, 0) is 13.1 Å². The Kier molecular flexibility index (Phi) is 5.26. The Morgan fingerprint density at radius 2 is 1.61 bits per heavy atom. The third kappa shape index (κ3) is 4.15. The first-order valence-corrected chi connectivity index (χ1v) is 9.33. The molecule has 4 rings (SSSR count). The fraction of sp³-hybridized carbons (Fsp3) is 0.174.